The van der Waals surface area contributed by atoms with Gasteiger partial charge in [0, 0.05) is 12.7 Å². The van der Waals surface area contributed by atoms with Crippen molar-refractivity contribution in [1.29, 1.82) is 0 Å². The second-order valence-electron chi connectivity index (χ2n) is 9.79. The largest absolute Gasteiger partial charge is 0.463 e. The van der Waals surface area contributed by atoms with Crippen molar-refractivity contribution in [2.24, 2.45) is 4.99 Å². The first-order chi connectivity index (χ1) is 19.4. The van der Waals surface area contributed by atoms with Crippen molar-refractivity contribution in [3.05, 3.63) is 125 Å². The van der Waals surface area contributed by atoms with Crippen LogP contribution in [0.25, 0.3) is 11.0 Å². The second-order valence-corrected chi connectivity index (χ2v) is 9.79. The summed E-state index contributed by atoms with van der Waals surface area (Å²) >= 11 is 0. The molecule has 5 aromatic rings. The number of nitrogens with one attached hydrogen (secondary N) is 1. The lowest BCUT2D eigenvalue weighted by Crippen LogP contribution is -2.38. The number of carboxylic acid groups (broad SMARTS) is 1. The number of amides is 2. The number of nitrogens with zero attached hydrogens (tertiary/aromatic N) is 5. The zero-order valence-corrected chi connectivity index (χ0v) is 22.4. The van der Waals surface area contributed by atoms with Crippen LogP contribution in [0.5, 0.6) is 0 Å². The van der Waals surface area contributed by atoms with Gasteiger partial charge in [-0.1, -0.05) is 71.8 Å². The van der Waals surface area contributed by atoms with Crippen molar-refractivity contribution in [2.75, 3.05) is 6.54 Å². The predicted molar refractivity (Wildman–Crippen MR) is 152 cm³/mol. The third kappa shape index (κ3) is 5.99. The summed E-state index contributed by atoms with van der Waals surface area (Å²) < 4.78 is 3.84. The average molecular weight is 535 g/mol. The molecule has 0 aliphatic rings. The van der Waals surface area contributed by atoms with Gasteiger partial charge in [0.05, 0.1) is 23.6 Å². The Balaban J connectivity index is 1.64. The van der Waals surface area contributed by atoms with Crippen molar-refractivity contribution in [3.8, 4) is 0 Å². The maximum Gasteiger partial charge on any atom is 0.434 e. The molecule has 0 radical (unpaired) electrons. The van der Waals surface area contributed by atoms with Crippen LogP contribution in [0, 0.1) is 13.8 Å². The van der Waals surface area contributed by atoms with E-state index in [1.165, 1.54) is 6.20 Å². The minimum absolute atomic E-state index is 0.207. The SMILES string of the molecule is Cc1ccc(C[C@@H](CNC(=O)c2cccnn2)n2/c(=N\C(=O)O)n(Cc3ccc(C)cc3)c3ccccc32)cc1. The van der Waals surface area contributed by atoms with Crippen molar-refractivity contribution in [3.63, 3.8) is 0 Å². The first-order valence-electron chi connectivity index (χ1n) is 13.0. The van der Waals surface area contributed by atoms with Gasteiger partial charge in [0.15, 0.2) is 5.69 Å². The third-order valence-electron chi connectivity index (χ3n) is 6.81. The molecule has 9 heteroatoms. The number of hydrogen-bond donors (Lipinski definition) is 2. The average Bonchev–Trinajstić information content (AvgIpc) is 3.25. The normalized spacial score (nSPS) is 12.4. The Hall–Kier alpha value is -5.05. The van der Waals surface area contributed by atoms with Crippen LogP contribution in [0.15, 0.2) is 96.1 Å². The minimum Gasteiger partial charge on any atom is -0.463 e. The smallest absolute Gasteiger partial charge is 0.434 e. The van der Waals surface area contributed by atoms with Crippen molar-refractivity contribution in [1.82, 2.24) is 24.6 Å². The van der Waals surface area contributed by atoms with Gasteiger partial charge >= 0.3 is 6.09 Å². The van der Waals surface area contributed by atoms with Crippen molar-refractivity contribution >= 4 is 23.0 Å². The summed E-state index contributed by atoms with van der Waals surface area (Å²) in [5, 5.41) is 20.5. The topological polar surface area (TPSA) is 114 Å². The molecule has 1 atom stereocenters. The number of fused-ring (bicyclic) bond motifs is 1. The summed E-state index contributed by atoms with van der Waals surface area (Å²) in [5.74, 6) is -0.359. The van der Waals surface area contributed by atoms with Crippen LogP contribution >= 0.6 is 0 Å². The Labute approximate surface area is 231 Å². The van der Waals surface area contributed by atoms with Crippen LogP contribution in [0.3, 0.4) is 0 Å². The highest BCUT2D eigenvalue weighted by Gasteiger charge is 2.22. The van der Waals surface area contributed by atoms with Crippen LogP contribution in [-0.2, 0) is 13.0 Å². The molecule has 40 heavy (non-hydrogen) atoms. The third-order valence-corrected chi connectivity index (χ3v) is 6.81. The summed E-state index contributed by atoms with van der Waals surface area (Å²) in [6, 6.07) is 27.0. The van der Waals surface area contributed by atoms with Gasteiger partial charge in [0.1, 0.15) is 0 Å². The molecule has 0 bridgehead atoms. The van der Waals surface area contributed by atoms with Gasteiger partial charge in [-0.05, 0) is 55.7 Å². The lowest BCUT2D eigenvalue weighted by molar-refractivity contribution is 0.0941. The molecule has 3 aromatic carbocycles. The lowest BCUT2D eigenvalue weighted by atomic mass is 10.0. The number of rotatable bonds is 8. The fraction of sp³-hybridized carbons (Fsp3) is 0.194. The molecule has 2 heterocycles. The molecule has 2 N–H and O–H groups in total. The van der Waals surface area contributed by atoms with Gasteiger partial charge in [-0.3, -0.25) is 4.79 Å². The molecule has 5 rings (SSSR count). The summed E-state index contributed by atoms with van der Waals surface area (Å²) in [4.78, 5) is 29.1. The van der Waals surface area contributed by atoms with Crippen LogP contribution in [0.2, 0.25) is 0 Å². The first kappa shape index (κ1) is 26.6. The molecule has 2 aromatic heterocycles. The second kappa shape index (κ2) is 11.8. The van der Waals surface area contributed by atoms with E-state index in [9.17, 15) is 14.7 Å². The van der Waals surface area contributed by atoms with E-state index in [0.717, 1.165) is 33.3 Å². The van der Waals surface area contributed by atoms with Gasteiger partial charge in [-0.25, -0.2) is 4.79 Å². The van der Waals surface area contributed by atoms with Crippen molar-refractivity contribution < 1.29 is 14.7 Å². The van der Waals surface area contributed by atoms with E-state index in [2.05, 4.69) is 20.5 Å². The molecule has 0 fully saturated rings. The Morgan fingerprint density at radius 3 is 2.15 bits per heavy atom. The monoisotopic (exact) mass is 534 g/mol. The number of aromatic nitrogens is 4. The number of aryl methyl sites for hydroxylation is 2. The molecule has 0 unspecified atom stereocenters. The summed E-state index contributed by atoms with van der Waals surface area (Å²) in [5.41, 5.74) is 6.51. The Morgan fingerprint density at radius 1 is 0.875 bits per heavy atom. The molecule has 0 saturated heterocycles. The zero-order chi connectivity index (χ0) is 28.1. The number of benzene rings is 3. The standard InChI is InChI=1S/C31H30N6O3/c1-21-9-13-23(14-10-21)18-25(19-32-29(38)26-6-5-17-33-35-26)37-28-8-4-3-7-27(28)36(30(37)34-31(39)40)20-24-15-11-22(2)12-16-24/h3-17,25H,18-20H2,1-2H3,(H,32,38)(H,39,40)/b34-30-/t25-/m0/s1. The molecule has 2 amide bonds. The van der Waals surface area contributed by atoms with Crippen LogP contribution in [-0.4, -0.2) is 43.0 Å². The maximum atomic E-state index is 12.9. The summed E-state index contributed by atoms with van der Waals surface area (Å²) in [6.45, 7) is 4.70. The highest BCUT2D eigenvalue weighted by atomic mass is 16.4. The van der Waals surface area contributed by atoms with Crippen LogP contribution in [0.4, 0.5) is 4.79 Å². The highest BCUT2D eigenvalue weighted by Crippen LogP contribution is 2.22. The Bertz CT molecular complexity index is 1700. The Morgan fingerprint density at radius 2 is 1.52 bits per heavy atom. The quantitative estimate of drug-likeness (QED) is 0.300. The number of hydrogen-bond acceptors (Lipinski definition) is 4. The number of imidazole rings is 1. The van der Waals surface area contributed by atoms with E-state index in [0.29, 0.717) is 18.6 Å². The molecule has 0 aliphatic carbocycles. The van der Waals surface area contributed by atoms with Crippen molar-refractivity contribution in [2.45, 2.75) is 32.9 Å². The van der Waals surface area contributed by atoms with Crippen LogP contribution in [0.1, 0.15) is 38.8 Å². The number of carbonyl (C=O) groups excluding carboxylic acids is 1. The van der Waals surface area contributed by atoms with Gasteiger partial charge < -0.3 is 19.6 Å². The molecule has 202 valence electrons. The van der Waals surface area contributed by atoms with E-state index in [1.54, 1.807) is 12.1 Å². The van der Waals surface area contributed by atoms with Crippen LogP contribution < -0.4 is 10.9 Å². The molecular weight excluding hydrogens is 504 g/mol. The molecule has 0 aliphatic heterocycles. The molecule has 0 saturated carbocycles. The lowest BCUT2D eigenvalue weighted by Gasteiger charge is -2.21. The van der Waals surface area contributed by atoms with Gasteiger partial charge in [-0.2, -0.15) is 5.10 Å². The van der Waals surface area contributed by atoms with E-state index >= 15 is 0 Å². The summed E-state index contributed by atoms with van der Waals surface area (Å²) in [6.07, 6.45) is 0.751. The maximum absolute atomic E-state index is 12.9. The number of para-hydroxylation sites is 2. The fourth-order valence-electron chi connectivity index (χ4n) is 4.81. The zero-order valence-electron chi connectivity index (χ0n) is 22.4. The molecule has 0 spiro atoms. The van der Waals surface area contributed by atoms with Gasteiger partial charge in [-0.15, -0.1) is 10.1 Å². The fourth-order valence-corrected chi connectivity index (χ4v) is 4.81. The number of carbonyl (C=O) groups is 2. The minimum atomic E-state index is -1.29. The van der Waals surface area contributed by atoms with E-state index in [-0.39, 0.29) is 24.2 Å². The highest BCUT2D eigenvalue weighted by molar-refractivity contribution is 5.92. The summed E-state index contributed by atoms with van der Waals surface area (Å²) in [7, 11) is 0. The van der Waals surface area contributed by atoms with E-state index in [1.807, 2.05) is 95.8 Å². The van der Waals surface area contributed by atoms with E-state index < -0.39 is 6.09 Å². The Kier molecular flexibility index (Phi) is 7.82. The predicted octanol–water partition coefficient (Wildman–Crippen LogP) is 4.69. The first-order valence-corrected chi connectivity index (χ1v) is 13.0. The molecular formula is C31H30N6O3. The van der Waals surface area contributed by atoms with Gasteiger partial charge in [0.2, 0.25) is 5.62 Å². The molecule has 9 nitrogen and oxygen atoms in total. The van der Waals surface area contributed by atoms with Gasteiger partial charge in [0.25, 0.3) is 5.91 Å². The van der Waals surface area contributed by atoms with E-state index in [4.69, 9.17) is 0 Å².